The van der Waals surface area contributed by atoms with Crippen LogP contribution in [0.3, 0.4) is 0 Å². The van der Waals surface area contributed by atoms with E-state index in [1.54, 1.807) is 6.07 Å². The van der Waals surface area contributed by atoms with E-state index in [1.165, 1.54) is 19.3 Å². The molecule has 1 saturated carbocycles. The monoisotopic (exact) mass is 262 g/mol. The number of amides is 1. The molecular weight excluding hydrogens is 240 g/mol. The van der Waals surface area contributed by atoms with Gasteiger partial charge in [0.25, 0.3) is 0 Å². The maximum absolute atomic E-state index is 11.3. The first kappa shape index (κ1) is 14.0. The Balaban J connectivity index is 1.87. The van der Waals surface area contributed by atoms with Gasteiger partial charge in [-0.05, 0) is 42.9 Å². The maximum Gasteiger partial charge on any atom is 0.249 e. The number of benzene rings is 1. The van der Waals surface area contributed by atoms with Crippen molar-refractivity contribution >= 4 is 5.91 Å². The van der Waals surface area contributed by atoms with Crippen LogP contribution in [-0.2, 0) is 11.3 Å². The zero-order valence-electron chi connectivity index (χ0n) is 11.2. The van der Waals surface area contributed by atoms with Gasteiger partial charge in [0.2, 0.25) is 5.91 Å². The van der Waals surface area contributed by atoms with E-state index in [0.717, 1.165) is 18.7 Å². The molecule has 1 aliphatic carbocycles. The summed E-state index contributed by atoms with van der Waals surface area (Å²) < 4.78 is 5.76. The molecule has 0 saturated heterocycles. The van der Waals surface area contributed by atoms with Crippen molar-refractivity contribution in [2.45, 2.75) is 25.9 Å². The smallest absolute Gasteiger partial charge is 0.249 e. The molecular formula is C15H22N2O2. The number of ether oxygens (including phenoxy) is 1. The molecule has 4 N–H and O–H groups in total. The maximum atomic E-state index is 11.3. The third-order valence-corrected chi connectivity index (χ3v) is 3.99. The van der Waals surface area contributed by atoms with Crippen LogP contribution < -0.4 is 11.5 Å². The first-order valence-electron chi connectivity index (χ1n) is 6.88. The van der Waals surface area contributed by atoms with Gasteiger partial charge in [0.15, 0.2) is 0 Å². The van der Waals surface area contributed by atoms with Gasteiger partial charge in [0, 0.05) is 5.56 Å². The second-order valence-electron chi connectivity index (χ2n) is 5.22. The van der Waals surface area contributed by atoms with Gasteiger partial charge < -0.3 is 16.2 Å². The summed E-state index contributed by atoms with van der Waals surface area (Å²) in [5.41, 5.74) is 12.5. The van der Waals surface area contributed by atoms with Gasteiger partial charge in [0.05, 0.1) is 13.2 Å². The van der Waals surface area contributed by atoms with Crippen molar-refractivity contribution in [3.8, 4) is 0 Å². The lowest BCUT2D eigenvalue weighted by Crippen LogP contribution is -2.22. The molecule has 104 valence electrons. The van der Waals surface area contributed by atoms with Crippen LogP contribution in [0.1, 0.15) is 35.2 Å². The molecule has 1 aromatic rings. The summed E-state index contributed by atoms with van der Waals surface area (Å²) in [6, 6.07) is 7.32. The molecule has 0 heterocycles. The molecule has 1 aliphatic rings. The number of primary amides is 1. The van der Waals surface area contributed by atoms with Gasteiger partial charge in [-0.25, -0.2) is 0 Å². The Bertz CT molecular complexity index is 434. The van der Waals surface area contributed by atoms with Crippen LogP contribution in [0.15, 0.2) is 24.3 Å². The number of rotatable bonds is 6. The number of hydrogen-bond acceptors (Lipinski definition) is 3. The van der Waals surface area contributed by atoms with E-state index in [4.69, 9.17) is 16.2 Å². The van der Waals surface area contributed by atoms with Crippen molar-refractivity contribution in [3.63, 3.8) is 0 Å². The summed E-state index contributed by atoms with van der Waals surface area (Å²) in [6.45, 7) is 1.90. The number of carbonyl (C=O) groups is 1. The van der Waals surface area contributed by atoms with E-state index in [9.17, 15) is 4.79 Å². The molecule has 1 amide bonds. The summed E-state index contributed by atoms with van der Waals surface area (Å²) in [4.78, 5) is 11.3. The average molecular weight is 262 g/mol. The third-order valence-electron chi connectivity index (χ3n) is 3.99. The molecule has 19 heavy (non-hydrogen) atoms. The largest absolute Gasteiger partial charge is 0.376 e. The van der Waals surface area contributed by atoms with Crippen molar-refractivity contribution < 1.29 is 9.53 Å². The van der Waals surface area contributed by atoms with Gasteiger partial charge in [0.1, 0.15) is 0 Å². The Morgan fingerprint density at radius 2 is 2.00 bits per heavy atom. The van der Waals surface area contributed by atoms with E-state index >= 15 is 0 Å². The summed E-state index contributed by atoms with van der Waals surface area (Å²) in [5.74, 6) is 0.747. The van der Waals surface area contributed by atoms with Crippen LogP contribution in [0.5, 0.6) is 0 Å². The molecule has 0 aliphatic heterocycles. The summed E-state index contributed by atoms with van der Waals surface area (Å²) in [5, 5.41) is 0. The van der Waals surface area contributed by atoms with Gasteiger partial charge in [-0.15, -0.1) is 0 Å². The number of hydrogen-bond donors (Lipinski definition) is 2. The van der Waals surface area contributed by atoms with Crippen LogP contribution in [-0.4, -0.2) is 19.1 Å². The van der Waals surface area contributed by atoms with E-state index in [1.807, 2.05) is 18.2 Å². The zero-order valence-corrected chi connectivity index (χ0v) is 11.2. The Morgan fingerprint density at radius 3 is 2.74 bits per heavy atom. The zero-order chi connectivity index (χ0) is 13.7. The Labute approximate surface area is 114 Å². The lowest BCUT2D eigenvalue weighted by Gasteiger charge is -2.18. The van der Waals surface area contributed by atoms with Crippen molar-refractivity contribution in [2.75, 3.05) is 13.2 Å². The Kier molecular flexibility index (Phi) is 4.93. The average Bonchev–Trinajstić information content (AvgIpc) is 2.86. The summed E-state index contributed by atoms with van der Waals surface area (Å²) >= 11 is 0. The Hall–Kier alpha value is -1.39. The van der Waals surface area contributed by atoms with Gasteiger partial charge in [-0.2, -0.15) is 0 Å². The SMILES string of the molecule is NCC1CCCC1COCc1ccccc1C(N)=O. The molecule has 1 aromatic carbocycles. The van der Waals surface area contributed by atoms with Crippen LogP contribution in [0.2, 0.25) is 0 Å². The summed E-state index contributed by atoms with van der Waals surface area (Å²) in [6.07, 6.45) is 3.65. The minimum atomic E-state index is -0.403. The summed E-state index contributed by atoms with van der Waals surface area (Å²) in [7, 11) is 0. The van der Waals surface area contributed by atoms with Gasteiger partial charge in [-0.1, -0.05) is 24.6 Å². The van der Waals surface area contributed by atoms with Crippen molar-refractivity contribution in [1.29, 1.82) is 0 Å². The van der Waals surface area contributed by atoms with E-state index in [0.29, 0.717) is 24.0 Å². The first-order valence-corrected chi connectivity index (χ1v) is 6.88. The highest BCUT2D eigenvalue weighted by Crippen LogP contribution is 2.31. The van der Waals surface area contributed by atoms with Crippen molar-refractivity contribution in [3.05, 3.63) is 35.4 Å². The lowest BCUT2D eigenvalue weighted by molar-refractivity contribution is 0.0742. The van der Waals surface area contributed by atoms with E-state index in [2.05, 4.69) is 0 Å². The fourth-order valence-corrected chi connectivity index (χ4v) is 2.85. The molecule has 2 rings (SSSR count). The van der Waals surface area contributed by atoms with E-state index < -0.39 is 5.91 Å². The highest BCUT2D eigenvalue weighted by Gasteiger charge is 2.26. The fourth-order valence-electron chi connectivity index (χ4n) is 2.85. The number of nitrogens with two attached hydrogens (primary N) is 2. The number of carbonyl (C=O) groups excluding carboxylic acids is 1. The van der Waals surface area contributed by atoms with Crippen LogP contribution >= 0.6 is 0 Å². The Morgan fingerprint density at radius 1 is 1.26 bits per heavy atom. The predicted molar refractivity (Wildman–Crippen MR) is 74.5 cm³/mol. The molecule has 4 heteroatoms. The molecule has 1 fully saturated rings. The molecule has 2 atom stereocenters. The fraction of sp³-hybridized carbons (Fsp3) is 0.533. The highest BCUT2D eigenvalue weighted by molar-refractivity contribution is 5.94. The van der Waals surface area contributed by atoms with Crippen LogP contribution in [0, 0.1) is 11.8 Å². The molecule has 2 unspecified atom stereocenters. The third kappa shape index (κ3) is 3.55. The second-order valence-corrected chi connectivity index (χ2v) is 5.22. The van der Waals surface area contributed by atoms with Crippen LogP contribution in [0.25, 0.3) is 0 Å². The van der Waals surface area contributed by atoms with Crippen molar-refractivity contribution in [2.24, 2.45) is 23.3 Å². The molecule has 0 spiro atoms. The molecule has 0 bridgehead atoms. The molecule has 0 radical (unpaired) electrons. The minimum absolute atomic E-state index is 0.403. The quantitative estimate of drug-likeness (QED) is 0.818. The lowest BCUT2D eigenvalue weighted by atomic mass is 9.97. The normalized spacial score (nSPS) is 22.6. The van der Waals surface area contributed by atoms with E-state index in [-0.39, 0.29) is 0 Å². The second kappa shape index (κ2) is 6.68. The predicted octanol–water partition coefficient (Wildman–Crippen LogP) is 1.68. The topological polar surface area (TPSA) is 78.3 Å². The standard InChI is InChI=1S/C15H22N2O2/c16-8-11-5-3-6-12(11)9-19-10-13-4-1-2-7-14(13)15(17)18/h1-2,4,7,11-12H,3,5-6,8-10,16H2,(H2,17,18). The van der Waals surface area contributed by atoms with Crippen LogP contribution in [0.4, 0.5) is 0 Å². The first-order chi connectivity index (χ1) is 9.22. The van der Waals surface area contributed by atoms with Gasteiger partial charge >= 0.3 is 0 Å². The van der Waals surface area contributed by atoms with Gasteiger partial charge in [-0.3, -0.25) is 4.79 Å². The minimum Gasteiger partial charge on any atom is -0.376 e. The highest BCUT2D eigenvalue weighted by atomic mass is 16.5. The molecule has 4 nitrogen and oxygen atoms in total. The molecule has 0 aromatic heterocycles. The van der Waals surface area contributed by atoms with Crippen molar-refractivity contribution in [1.82, 2.24) is 0 Å².